The summed E-state index contributed by atoms with van der Waals surface area (Å²) >= 11 is 0. The molecule has 1 heterocycles. The predicted molar refractivity (Wildman–Crippen MR) is 53.5 cm³/mol. The molecule has 0 bridgehead atoms. The maximum Gasteiger partial charge on any atom is 0.262 e. The average molecular weight is 201 g/mol. The SMILES string of the molecule is O=CC#Cc1ccc2c(c1)NC(=O)CO2. The van der Waals surface area contributed by atoms with E-state index in [1.54, 1.807) is 18.2 Å². The van der Waals surface area contributed by atoms with Crippen LogP contribution in [0.25, 0.3) is 0 Å². The average Bonchev–Trinajstić information content (AvgIpc) is 2.25. The van der Waals surface area contributed by atoms with Crippen molar-refractivity contribution in [3.05, 3.63) is 23.8 Å². The van der Waals surface area contributed by atoms with E-state index in [1.165, 1.54) is 0 Å². The number of carbonyl (C=O) groups excluding carboxylic acids is 2. The minimum absolute atomic E-state index is 0.0341. The Morgan fingerprint density at radius 1 is 1.47 bits per heavy atom. The van der Waals surface area contributed by atoms with Crippen LogP contribution in [0.4, 0.5) is 5.69 Å². The number of amides is 1. The molecule has 1 aliphatic rings. The van der Waals surface area contributed by atoms with Crippen molar-refractivity contribution in [2.75, 3.05) is 11.9 Å². The van der Waals surface area contributed by atoms with E-state index < -0.39 is 0 Å². The van der Waals surface area contributed by atoms with E-state index in [-0.39, 0.29) is 12.5 Å². The van der Waals surface area contributed by atoms with E-state index in [1.807, 2.05) is 0 Å². The largest absolute Gasteiger partial charge is 0.482 e. The van der Waals surface area contributed by atoms with Gasteiger partial charge in [0.05, 0.1) is 5.69 Å². The summed E-state index contributed by atoms with van der Waals surface area (Å²) in [5.74, 6) is 5.36. The van der Waals surface area contributed by atoms with Crippen LogP contribution < -0.4 is 10.1 Å². The zero-order valence-electron chi connectivity index (χ0n) is 7.74. The monoisotopic (exact) mass is 201 g/mol. The highest BCUT2D eigenvalue weighted by Gasteiger charge is 2.15. The zero-order chi connectivity index (χ0) is 10.7. The molecular weight excluding hydrogens is 194 g/mol. The molecule has 0 radical (unpaired) electrons. The quantitative estimate of drug-likeness (QED) is 0.493. The highest BCUT2D eigenvalue weighted by Crippen LogP contribution is 2.27. The topological polar surface area (TPSA) is 55.4 Å². The number of aldehydes is 1. The summed E-state index contributed by atoms with van der Waals surface area (Å²) in [5.41, 5.74) is 1.25. The Morgan fingerprint density at radius 3 is 3.13 bits per heavy atom. The highest BCUT2D eigenvalue weighted by atomic mass is 16.5. The fourth-order valence-corrected chi connectivity index (χ4v) is 1.27. The summed E-state index contributed by atoms with van der Waals surface area (Å²) < 4.78 is 5.17. The number of nitrogens with one attached hydrogen (secondary N) is 1. The number of carbonyl (C=O) groups is 2. The van der Waals surface area contributed by atoms with Crippen LogP contribution >= 0.6 is 0 Å². The van der Waals surface area contributed by atoms with Crippen molar-refractivity contribution in [1.82, 2.24) is 0 Å². The van der Waals surface area contributed by atoms with Gasteiger partial charge in [0.1, 0.15) is 5.75 Å². The first-order chi connectivity index (χ1) is 7.29. The van der Waals surface area contributed by atoms with Gasteiger partial charge in [-0.2, -0.15) is 0 Å². The van der Waals surface area contributed by atoms with Gasteiger partial charge >= 0.3 is 0 Å². The van der Waals surface area contributed by atoms with Crippen LogP contribution in [-0.4, -0.2) is 18.8 Å². The van der Waals surface area contributed by atoms with E-state index in [0.717, 1.165) is 0 Å². The second kappa shape index (κ2) is 3.84. The number of rotatable bonds is 0. The second-order valence-corrected chi connectivity index (χ2v) is 2.93. The standard InChI is InChI=1S/C11H7NO3/c13-5-1-2-8-3-4-10-9(6-8)12-11(14)7-15-10/h3-6H,7H2,(H,12,14). The first kappa shape index (κ1) is 9.28. The Hall–Kier alpha value is -2.28. The van der Waals surface area contributed by atoms with Gasteiger partial charge in [-0.1, -0.05) is 5.92 Å². The molecule has 74 valence electrons. The number of fused-ring (bicyclic) bond motifs is 1. The Kier molecular flexibility index (Phi) is 2.38. The van der Waals surface area contributed by atoms with Gasteiger partial charge in [-0.3, -0.25) is 9.59 Å². The molecule has 1 aromatic rings. The zero-order valence-corrected chi connectivity index (χ0v) is 7.74. The summed E-state index contributed by atoms with van der Waals surface area (Å²) in [6.07, 6.45) is 0.522. The maximum absolute atomic E-state index is 11.0. The smallest absolute Gasteiger partial charge is 0.262 e. The van der Waals surface area contributed by atoms with Gasteiger partial charge in [-0.15, -0.1) is 0 Å². The van der Waals surface area contributed by atoms with Gasteiger partial charge in [0.2, 0.25) is 0 Å². The molecule has 0 atom stereocenters. The Morgan fingerprint density at radius 2 is 2.33 bits per heavy atom. The Bertz CT molecular complexity index is 482. The molecular formula is C11H7NO3. The van der Waals surface area contributed by atoms with Crippen molar-refractivity contribution >= 4 is 17.9 Å². The summed E-state index contributed by atoms with van der Waals surface area (Å²) in [6.45, 7) is 0.0341. The molecule has 1 N–H and O–H groups in total. The lowest BCUT2D eigenvalue weighted by atomic mass is 10.1. The van der Waals surface area contributed by atoms with Crippen molar-refractivity contribution < 1.29 is 14.3 Å². The predicted octanol–water partition coefficient (Wildman–Crippen LogP) is 0.568. The van der Waals surface area contributed by atoms with Gasteiger partial charge < -0.3 is 10.1 Å². The summed E-state index contributed by atoms with van der Waals surface area (Å²) in [4.78, 5) is 21.1. The van der Waals surface area contributed by atoms with E-state index in [4.69, 9.17) is 4.74 Å². The first-order valence-corrected chi connectivity index (χ1v) is 4.31. The first-order valence-electron chi connectivity index (χ1n) is 4.31. The minimum atomic E-state index is -0.192. The molecule has 0 aliphatic carbocycles. The molecule has 1 aromatic carbocycles. The van der Waals surface area contributed by atoms with Crippen molar-refractivity contribution in [2.45, 2.75) is 0 Å². The lowest BCUT2D eigenvalue weighted by Gasteiger charge is -2.17. The molecule has 0 aromatic heterocycles. The van der Waals surface area contributed by atoms with E-state index >= 15 is 0 Å². The lowest BCUT2D eigenvalue weighted by Crippen LogP contribution is -2.25. The van der Waals surface area contributed by atoms with Crippen molar-refractivity contribution in [3.8, 4) is 17.6 Å². The van der Waals surface area contributed by atoms with Crippen LogP contribution in [0.1, 0.15) is 5.56 Å². The van der Waals surface area contributed by atoms with Gasteiger partial charge in [0.25, 0.3) is 5.91 Å². The summed E-state index contributed by atoms with van der Waals surface area (Å²) in [5, 5.41) is 2.66. The number of benzene rings is 1. The molecule has 0 spiro atoms. The molecule has 0 saturated heterocycles. The fourth-order valence-electron chi connectivity index (χ4n) is 1.27. The van der Waals surface area contributed by atoms with Crippen molar-refractivity contribution in [1.29, 1.82) is 0 Å². The second-order valence-electron chi connectivity index (χ2n) is 2.93. The van der Waals surface area contributed by atoms with Gasteiger partial charge in [-0.05, 0) is 24.1 Å². The molecule has 1 aliphatic heterocycles. The third-order valence-corrected chi connectivity index (χ3v) is 1.89. The van der Waals surface area contributed by atoms with Crippen LogP contribution in [0.15, 0.2) is 18.2 Å². The van der Waals surface area contributed by atoms with E-state index in [9.17, 15) is 9.59 Å². The van der Waals surface area contributed by atoms with Crippen LogP contribution in [0.2, 0.25) is 0 Å². The molecule has 0 saturated carbocycles. The molecule has 1 amide bonds. The number of hydrogen-bond acceptors (Lipinski definition) is 3. The lowest BCUT2D eigenvalue weighted by molar-refractivity contribution is -0.118. The Labute approximate surface area is 86.2 Å². The number of anilines is 1. The van der Waals surface area contributed by atoms with Gasteiger partial charge in [0, 0.05) is 5.56 Å². The molecule has 4 nitrogen and oxygen atoms in total. The van der Waals surface area contributed by atoms with E-state index in [0.29, 0.717) is 23.3 Å². The molecule has 2 rings (SSSR count). The van der Waals surface area contributed by atoms with Gasteiger partial charge in [0.15, 0.2) is 12.9 Å². The van der Waals surface area contributed by atoms with Gasteiger partial charge in [-0.25, -0.2) is 0 Å². The summed E-state index contributed by atoms with van der Waals surface area (Å²) in [7, 11) is 0. The number of hydrogen-bond donors (Lipinski definition) is 1. The van der Waals surface area contributed by atoms with Crippen LogP contribution in [0.3, 0.4) is 0 Å². The third kappa shape index (κ3) is 1.97. The fraction of sp³-hybridized carbons (Fsp3) is 0.0909. The normalized spacial score (nSPS) is 12.7. The molecule has 15 heavy (non-hydrogen) atoms. The molecule has 0 fully saturated rings. The Balaban J connectivity index is 2.36. The maximum atomic E-state index is 11.0. The third-order valence-electron chi connectivity index (χ3n) is 1.89. The van der Waals surface area contributed by atoms with Crippen LogP contribution in [-0.2, 0) is 9.59 Å². The van der Waals surface area contributed by atoms with Crippen molar-refractivity contribution in [3.63, 3.8) is 0 Å². The number of ether oxygens (including phenoxy) is 1. The van der Waals surface area contributed by atoms with Crippen LogP contribution in [0, 0.1) is 11.8 Å². The molecule has 4 heteroatoms. The van der Waals surface area contributed by atoms with Crippen LogP contribution in [0.5, 0.6) is 5.75 Å². The van der Waals surface area contributed by atoms with E-state index in [2.05, 4.69) is 17.2 Å². The highest BCUT2D eigenvalue weighted by molar-refractivity contribution is 5.95. The summed E-state index contributed by atoms with van der Waals surface area (Å²) in [6, 6.07) is 5.11. The van der Waals surface area contributed by atoms with Crippen molar-refractivity contribution in [2.24, 2.45) is 0 Å². The minimum Gasteiger partial charge on any atom is -0.482 e. The molecule has 0 unspecified atom stereocenters.